The molecule has 0 amide bonds. The zero-order valence-corrected chi connectivity index (χ0v) is 10.9. The number of aromatic nitrogens is 1. The molecular formula is C11H16N2O4S. The summed E-state index contributed by atoms with van der Waals surface area (Å²) in [6.07, 6.45) is 4.35. The van der Waals surface area contributed by atoms with E-state index in [9.17, 15) is 13.2 Å². The molecule has 0 aromatic carbocycles. The van der Waals surface area contributed by atoms with Gasteiger partial charge in [-0.25, -0.2) is 8.42 Å². The van der Waals surface area contributed by atoms with E-state index in [0.717, 1.165) is 0 Å². The van der Waals surface area contributed by atoms with Gasteiger partial charge in [0.1, 0.15) is 0 Å². The summed E-state index contributed by atoms with van der Waals surface area (Å²) in [6.45, 7) is 0.640. The molecule has 1 saturated heterocycles. The average Bonchev–Trinajstić information content (AvgIpc) is 2.92. The van der Waals surface area contributed by atoms with Gasteiger partial charge in [0.2, 0.25) is 10.0 Å². The Kier molecular flexibility index (Phi) is 3.72. The second kappa shape index (κ2) is 5.11. The van der Waals surface area contributed by atoms with Crippen LogP contribution in [0.25, 0.3) is 0 Å². The third-order valence-electron chi connectivity index (χ3n) is 3.13. The number of carbonyl (C=O) groups is 1. The average molecular weight is 272 g/mol. The van der Waals surface area contributed by atoms with Crippen LogP contribution in [0.1, 0.15) is 12.8 Å². The maximum atomic E-state index is 12.3. The summed E-state index contributed by atoms with van der Waals surface area (Å²) in [5.74, 6) is -0.707. The number of esters is 1. The first-order valence-corrected chi connectivity index (χ1v) is 7.20. The van der Waals surface area contributed by atoms with Crippen LogP contribution in [0.4, 0.5) is 0 Å². The maximum absolute atomic E-state index is 12.3. The Balaban J connectivity index is 2.17. The summed E-state index contributed by atoms with van der Waals surface area (Å²) in [5, 5.41) is 0. The van der Waals surface area contributed by atoms with E-state index in [2.05, 4.69) is 9.72 Å². The molecule has 0 bridgehead atoms. The van der Waals surface area contributed by atoms with E-state index < -0.39 is 10.0 Å². The van der Waals surface area contributed by atoms with Crippen molar-refractivity contribution in [2.24, 2.45) is 5.92 Å². The summed E-state index contributed by atoms with van der Waals surface area (Å²) < 4.78 is 30.5. The zero-order chi connectivity index (χ0) is 13.2. The van der Waals surface area contributed by atoms with Crippen molar-refractivity contribution < 1.29 is 17.9 Å². The zero-order valence-electron chi connectivity index (χ0n) is 10.1. The van der Waals surface area contributed by atoms with Crippen molar-refractivity contribution in [2.45, 2.75) is 17.7 Å². The van der Waals surface area contributed by atoms with E-state index >= 15 is 0 Å². The molecule has 1 N–H and O–H groups in total. The molecule has 0 unspecified atom stereocenters. The van der Waals surface area contributed by atoms with E-state index in [1.807, 2.05) is 0 Å². The molecule has 1 aliphatic heterocycles. The summed E-state index contributed by atoms with van der Waals surface area (Å²) in [5.41, 5.74) is 0. The van der Waals surface area contributed by atoms with Gasteiger partial charge in [0.25, 0.3) is 0 Å². The molecule has 1 atom stereocenters. The van der Waals surface area contributed by atoms with Crippen LogP contribution >= 0.6 is 0 Å². The summed E-state index contributed by atoms with van der Waals surface area (Å²) in [6, 6.07) is 1.51. The van der Waals surface area contributed by atoms with E-state index in [0.29, 0.717) is 19.4 Å². The molecule has 100 valence electrons. The van der Waals surface area contributed by atoms with E-state index in [4.69, 9.17) is 0 Å². The fraction of sp³-hybridized carbons (Fsp3) is 0.545. The van der Waals surface area contributed by atoms with Crippen molar-refractivity contribution in [3.05, 3.63) is 18.5 Å². The summed E-state index contributed by atoms with van der Waals surface area (Å²) in [4.78, 5) is 14.4. The first kappa shape index (κ1) is 13.1. The van der Waals surface area contributed by atoms with Crippen molar-refractivity contribution >= 4 is 16.0 Å². The lowest BCUT2D eigenvalue weighted by Gasteiger charge is -2.30. The van der Waals surface area contributed by atoms with Gasteiger partial charge in [0.05, 0.1) is 17.9 Å². The standard InChI is InChI=1S/C11H16N2O4S/c1-17-11(14)9-3-2-6-13(8-9)18(15,16)10-4-5-12-7-10/h4-5,7,9,12H,2-3,6,8H2,1H3/t9-/m0/s1. The van der Waals surface area contributed by atoms with Gasteiger partial charge < -0.3 is 9.72 Å². The number of piperidine rings is 1. The number of H-pyrrole nitrogens is 1. The van der Waals surface area contributed by atoms with E-state index in [1.54, 1.807) is 6.20 Å². The number of ether oxygens (including phenoxy) is 1. The van der Waals surface area contributed by atoms with Crippen molar-refractivity contribution in [3.8, 4) is 0 Å². The van der Waals surface area contributed by atoms with Gasteiger partial charge >= 0.3 is 5.97 Å². The maximum Gasteiger partial charge on any atom is 0.309 e. The Labute approximate surface area is 106 Å². The van der Waals surface area contributed by atoms with Gasteiger partial charge in [-0.1, -0.05) is 0 Å². The van der Waals surface area contributed by atoms with Crippen molar-refractivity contribution in [1.29, 1.82) is 0 Å². The van der Waals surface area contributed by atoms with Gasteiger partial charge in [0, 0.05) is 25.5 Å². The highest BCUT2D eigenvalue weighted by atomic mass is 32.2. The Morgan fingerprint density at radius 1 is 1.56 bits per heavy atom. The first-order chi connectivity index (χ1) is 8.55. The second-order valence-electron chi connectivity index (χ2n) is 4.27. The highest BCUT2D eigenvalue weighted by molar-refractivity contribution is 7.89. The third kappa shape index (κ3) is 2.41. The Morgan fingerprint density at radius 3 is 2.94 bits per heavy atom. The Morgan fingerprint density at radius 2 is 2.33 bits per heavy atom. The number of nitrogens with one attached hydrogen (secondary N) is 1. The number of aromatic amines is 1. The number of rotatable bonds is 3. The molecular weight excluding hydrogens is 256 g/mol. The van der Waals surface area contributed by atoms with Gasteiger partial charge in [0.15, 0.2) is 0 Å². The normalized spacial score (nSPS) is 21.7. The van der Waals surface area contributed by atoms with Crippen molar-refractivity contribution in [2.75, 3.05) is 20.2 Å². The molecule has 0 saturated carbocycles. The van der Waals surface area contributed by atoms with Gasteiger partial charge in [-0.3, -0.25) is 4.79 Å². The molecule has 0 radical (unpaired) electrons. The lowest BCUT2D eigenvalue weighted by Crippen LogP contribution is -2.42. The van der Waals surface area contributed by atoms with Crippen LogP contribution in [0.3, 0.4) is 0 Å². The Hall–Kier alpha value is -1.34. The van der Waals surface area contributed by atoms with Crippen molar-refractivity contribution in [3.63, 3.8) is 0 Å². The van der Waals surface area contributed by atoms with Crippen LogP contribution in [0.2, 0.25) is 0 Å². The minimum atomic E-state index is -3.50. The Bertz CT molecular complexity index is 509. The fourth-order valence-corrected chi connectivity index (χ4v) is 3.64. The van der Waals surface area contributed by atoms with Crippen LogP contribution in [0, 0.1) is 5.92 Å². The number of sulfonamides is 1. The number of carbonyl (C=O) groups excluding carboxylic acids is 1. The number of hydrogen-bond acceptors (Lipinski definition) is 4. The lowest BCUT2D eigenvalue weighted by molar-refractivity contribution is -0.146. The minimum Gasteiger partial charge on any atom is -0.469 e. The molecule has 1 aliphatic rings. The topological polar surface area (TPSA) is 79.5 Å². The molecule has 7 heteroatoms. The quantitative estimate of drug-likeness (QED) is 0.817. The van der Waals surface area contributed by atoms with Gasteiger partial charge in [-0.2, -0.15) is 4.31 Å². The molecule has 1 aromatic rings. The fourth-order valence-electron chi connectivity index (χ4n) is 2.14. The molecule has 0 aliphatic carbocycles. The van der Waals surface area contributed by atoms with E-state index in [1.165, 1.54) is 23.7 Å². The van der Waals surface area contributed by atoms with Crippen LogP contribution in [-0.2, 0) is 19.6 Å². The molecule has 0 spiro atoms. The predicted molar refractivity (Wildman–Crippen MR) is 64.3 cm³/mol. The molecule has 6 nitrogen and oxygen atoms in total. The highest BCUT2D eigenvalue weighted by Crippen LogP contribution is 2.24. The number of nitrogens with zero attached hydrogens (tertiary/aromatic N) is 1. The number of methoxy groups -OCH3 is 1. The van der Waals surface area contributed by atoms with Crippen LogP contribution < -0.4 is 0 Å². The SMILES string of the molecule is COC(=O)[C@H]1CCCN(S(=O)(=O)c2cc[nH]c2)C1. The predicted octanol–water partition coefficient (Wildman–Crippen LogP) is 0.588. The monoisotopic (exact) mass is 272 g/mol. The van der Waals surface area contributed by atoms with Gasteiger partial charge in [-0.05, 0) is 18.9 Å². The van der Waals surface area contributed by atoms with Crippen LogP contribution in [0.5, 0.6) is 0 Å². The first-order valence-electron chi connectivity index (χ1n) is 5.76. The largest absolute Gasteiger partial charge is 0.469 e. The third-order valence-corrected chi connectivity index (χ3v) is 4.99. The molecule has 1 aromatic heterocycles. The molecule has 18 heavy (non-hydrogen) atoms. The molecule has 2 heterocycles. The highest BCUT2D eigenvalue weighted by Gasteiger charge is 2.33. The van der Waals surface area contributed by atoms with Crippen molar-refractivity contribution in [1.82, 2.24) is 9.29 Å². The summed E-state index contributed by atoms with van der Waals surface area (Å²) in [7, 11) is -2.18. The van der Waals surface area contributed by atoms with E-state index in [-0.39, 0.29) is 23.3 Å². The van der Waals surface area contributed by atoms with Crippen LogP contribution in [0.15, 0.2) is 23.4 Å². The smallest absolute Gasteiger partial charge is 0.309 e. The number of hydrogen-bond donors (Lipinski definition) is 1. The second-order valence-corrected chi connectivity index (χ2v) is 6.21. The molecule has 1 fully saturated rings. The van der Waals surface area contributed by atoms with Crippen LogP contribution in [-0.4, -0.2) is 43.9 Å². The van der Waals surface area contributed by atoms with Gasteiger partial charge in [-0.15, -0.1) is 0 Å². The lowest BCUT2D eigenvalue weighted by atomic mass is 10.0. The summed E-state index contributed by atoms with van der Waals surface area (Å²) >= 11 is 0. The molecule has 2 rings (SSSR count). The minimum absolute atomic E-state index is 0.195.